The first-order chi connectivity index (χ1) is 7.15. The highest BCUT2D eigenvalue weighted by Gasteiger charge is 2.19. The van der Waals surface area contributed by atoms with Crippen molar-refractivity contribution in [1.82, 2.24) is 4.98 Å². The Morgan fingerprint density at radius 2 is 2.27 bits per heavy atom. The highest BCUT2D eigenvalue weighted by Crippen LogP contribution is 2.14. The topological polar surface area (TPSA) is 53.8 Å². The SMILES string of the molecule is CC(C)CC(C#N)S(=O)c1ccccn1. The molecule has 1 heterocycles. The molecule has 0 aromatic carbocycles. The average molecular weight is 222 g/mol. The highest BCUT2D eigenvalue weighted by molar-refractivity contribution is 7.85. The van der Waals surface area contributed by atoms with Crippen molar-refractivity contribution in [1.29, 1.82) is 5.26 Å². The second-order valence-corrected chi connectivity index (χ2v) is 5.29. The van der Waals surface area contributed by atoms with Crippen molar-refractivity contribution >= 4 is 10.8 Å². The summed E-state index contributed by atoms with van der Waals surface area (Å²) in [7, 11) is -1.31. The van der Waals surface area contributed by atoms with Gasteiger partial charge in [-0.05, 0) is 24.5 Å². The normalized spacial score (nSPS) is 14.5. The van der Waals surface area contributed by atoms with Crippen LogP contribution < -0.4 is 0 Å². The highest BCUT2D eigenvalue weighted by atomic mass is 32.2. The van der Waals surface area contributed by atoms with Crippen LogP contribution in [0.5, 0.6) is 0 Å². The van der Waals surface area contributed by atoms with Crippen LogP contribution in [0.25, 0.3) is 0 Å². The number of hydrogen-bond acceptors (Lipinski definition) is 3. The molecule has 1 aromatic heterocycles. The van der Waals surface area contributed by atoms with E-state index in [0.717, 1.165) is 0 Å². The van der Waals surface area contributed by atoms with Crippen LogP contribution in [0, 0.1) is 17.2 Å². The van der Waals surface area contributed by atoms with Gasteiger partial charge in [-0.15, -0.1) is 0 Å². The standard InChI is InChI=1S/C11H14N2OS/c1-9(2)7-10(8-12)15(14)11-5-3-4-6-13-11/h3-6,9-10H,7H2,1-2H3. The summed E-state index contributed by atoms with van der Waals surface area (Å²) in [5.41, 5.74) is 0. The van der Waals surface area contributed by atoms with E-state index in [1.165, 1.54) is 0 Å². The molecule has 0 spiro atoms. The third kappa shape index (κ3) is 3.45. The molecule has 0 saturated carbocycles. The van der Waals surface area contributed by atoms with E-state index in [1.807, 2.05) is 13.8 Å². The first kappa shape index (κ1) is 11.9. The van der Waals surface area contributed by atoms with E-state index < -0.39 is 16.0 Å². The number of nitrogens with zero attached hydrogens (tertiary/aromatic N) is 2. The third-order valence-corrected chi connectivity index (χ3v) is 3.40. The summed E-state index contributed by atoms with van der Waals surface area (Å²) in [5.74, 6) is 0.363. The maximum atomic E-state index is 11.9. The molecule has 1 aromatic rings. The summed E-state index contributed by atoms with van der Waals surface area (Å²) in [6, 6.07) is 7.34. The minimum atomic E-state index is -1.31. The number of aromatic nitrogens is 1. The van der Waals surface area contributed by atoms with Gasteiger partial charge in [0, 0.05) is 6.20 Å². The summed E-state index contributed by atoms with van der Waals surface area (Å²) < 4.78 is 11.9. The van der Waals surface area contributed by atoms with Crippen LogP contribution in [0.15, 0.2) is 29.4 Å². The van der Waals surface area contributed by atoms with Crippen LogP contribution in [0.4, 0.5) is 0 Å². The molecule has 0 aliphatic carbocycles. The van der Waals surface area contributed by atoms with E-state index in [0.29, 0.717) is 17.4 Å². The van der Waals surface area contributed by atoms with E-state index in [1.54, 1.807) is 24.4 Å². The van der Waals surface area contributed by atoms with Crippen LogP contribution in [0.1, 0.15) is 20.3 Å². The molecule has 0 aliphatic heterocycles. The summed E-state index contributed by atoms with van der Waals surface area (Å²) >= 11 is 0. The van der Waals surface area contributed by atoms with Gasteiger partial charge in [0.15, 0.2) is 0 Å². The summed E-state index contributed by atoms with van der Waals surface area (Å²) in [5, 5.41) is 8.97. The van der Waals surface area contributed by atoms with Crippen molar-refractivity contribution in [2.45, 2.75) is 30.5 Å². The van der Waals surface area contributed by atoms with Gasteiger partial charge in [-0.2, -0.15) is 5.26 Å². The number of hydrogen-bond donors (Lipinski definition) is 0. The van der Waals surface area contributed by atoms with Gasteiger partial charge in [-0.3, -0.25) is 4.21 Å². The summed E-state index contributed by atoms with van der Waals surface area (Å²) in [6.07, 6.45) is 2.23. The molecule has 0 saturated heterocycles. The molecule has 2 atom stereocenters. The Labute approximate surface area is 92.6 Å². The molecule has 0 amide bonds. The second-order valence-electron chi connectivity index (χ2n) is 3.71. The Hall–Kier alpha value is -1.21. The van der Waals surface area contributed by atoms with Gasteiger partial charge in [0.2, 0.25) is 0 Å². The van der Waals surface area contributed by atoms with Crippen LogP contribution in [-0.2, 0) is 10.8 Å². The second kappa shape index (κ2) is 5.62. The fraction of sp³-hybridized carbons (Fsp3) is 0.455. The minimum Gasteiger partial charge on any atom is -0.251 e. The minimum absolute atomic E-state index is 0.363. The van der Waals surface area contributed by atoms with Crippen molar-refractivity contribution in [2.75, 3.05) is 0 Å². The zero-order valence-electron chi connectivity index (χ0n) is 8.88. The van der Waals surface area contributed by atoms with Crippen LogP contribution in [-0.4, -0.2) is 14.4 Å². The van der Waals surface area contributed by atoms with E-state index in [2.05, 4.69) is 11.1 Å². The van der Waals surface area contributed by atoms with Gasteiger partial charge in [0.25, 0.3) is 0 Å². The van der Waals surface area contributed by atoms with Gasteiger partial charge in [-0.1, -0.05) is 19.9 Å². The third-order valence-electron chi connectivity index (χ3n) is 1.93. The van der Waals surface area contributed by atoms with Gasteiger partial charge in [0.05, 0.1) is 16.9 Å². The first-order valence-electron chi connectivity index (χ1n) is 4.86. The monoisotopic (exact) mass is 222 g/mol. The molecule has 0 fully saturated rings. The molecular weight excluding hydrogens is 208 g/mol. The Kier molecular flexibility index (Phi) is 4.44. The van der Waals surface area contributed by atoms with Crippen LogP contribution in [0.2, 0.25) is 0 Å². The lowest BCUT2D eigenvalue weighted by molar-refractivity contribution is 0.590. The van der Waals surface area contributed by atoms with Crippen molar-refractivity contribution < 1.29 is 4.21 Å². The van der Waals surface area contributed by atoms with Gasteiger partial charge in [-0.25, -0.2) is 4.98 Å². The van der Waals surface area contributed by atoms with E-state index >= 15 is 0 Å². The number of nitriles is 1. The molecule has 80 valence electrons. The summed E-state index contributed by atoms with van der Waals surface area (Å²) in [4.78, 5) is 4.00. The number of rotatable bonds is 4. The molecule has 0 radical (unpaired) electrons. The summed E-state index contributed by atoms with van der Waals surface area (Å²) in [6.45, 7) is 4.03. The predicted molar refractivity (Wildman–Crippen MR) is 59.5 cm³/mol. The Morgan fingerprint density at radius 3 is 2.73 bits per heavy atom. The molecular formula is C11H14N2OS. The molecule has 2 unspecified atom stereocenters. The lowest BCUT2D eigenvalue weighted by atomic mass is 10.1. The van der Waals surface area contributed by atoms with Crippen molar-refractivity contribution in [3.8, 4) is 6.07 Å². The fourth-order valence-electron chi connectivity index (χ4n) is 1.23. The van der Waals surface area contributed by atoms with Crippen molar-refractivity contribution in [3.05, 3.63) is 24.4 Å². The van der Waals surface area contributed by atoms with Crippen molar-refractivity contribution in [3.63, 3.8) is 0 Å². The Morgan fingerprint density at radius 1 is 1.53 bits per heavy atom. The first-order valence-corrected chi connectivity index (χ1v) is 6.07. The zero-order valence-corrected chi connectivity index (χ0v) is 9.70. The predicted octanol–water partition coefficient (Wildman–Crippen LogP) is 2.13. The molecule has 0 N–H and O–H groups in total. The molecule has 0 aliphatic rings. The average Bonchev–Trinajstić information content (AvgIpc) is 2.26. The van der Waals surface area contributed by atoms with Crippen LogP contribution in [0.3, 0.4) is 0 Å². The quantitative estimate of drug-likeness (QED) is 0.784. The Balaban J connectivity index is 2.80. The van der Waals surface area contributed by atoms with Gasteiger partial charge in [0.1, 0.15) is 10.3 Å². The molecule has 1 rings (SSSR count). The van der Waals surface area contributed by atoms with Crippen LogP contribution >= 0.6 is 0 Å². The van der Waals surface area contributed by atoms with Gasteiger partial charge < -0.3 is 0 Å². The maximum Gasteiger partial charge on any atom is 0.128 e. The molecule has 0 bridgehead atoms. The smallest absolute Gasteiger partial charge is 0.128 e. The van der Waals surface area contributed by atoms with E-state index in [4.69, 9.17) is 5.26 Å². The molecule has 3 nitrogen and oxygen atoms in total. The molecule has 4 heteroatoms. The van der Waals surface area contributed by atoms with Crippen molar-refractivity contribution in [2.24, 2.45) is 5.92 Å². The van der Waals surface area contributed by atoms with E-state index in [9.17, 15) is 4.21 Å². The lowest BCUT2D eigenvalue weighted by Crippen LogP contribution is -2.16. The maximum absolute atomic E-state index is 11.9. The largest absolute Gasteiger partial charge is 0.251 e. The molecule has 15 heavy (non-hydrogen) atoms. The Bertz CT molecular complexity index is 370. The lowest BCUT2D eigenvalue weighted by Gasteiger charge is -2.10. The number of pyridine rings is 1. The van der Waals surface area contributed by atoms with Gasteiger partial charge >= 0.3 is 0 Å². The zero-order chi connectivity index (χ0) is 11.3. The fourth-order valence-corrected chi connectivity index (χ4v) is 2.55. The van der Waals surface area contributed by atoms with E-state index in [-0.39, 0.29) is 0 Å².